The summed E-state index contributed by atoms with van der Waals surface area (Å²) in [7, 11) is 0. The maximum Gasteiger partial charge on any atom is 0.329 e. The van der Waals surface area contributed by atoms with Gasteiger partial charge in [0.2, 0.25) is 41.4 Å². The molecule has 24 heteroatoms. The van der Waals surface area contributed by atoms with Gasteiger partial charge >= 0.3 is 5.97 Å². The molecule has 1 spiro atoms. The molecule has 1 saturated carbocycles. The van der Waals surface area contributed by atoms with Gasteiger partial charge in [0.05, 0.1) is 55.9 Å². The number of aliphatic hydroxyl groups is 2. The van der Waals surface area contributed by atoms with Crippen molar-refractivity contribution in [2.24, 2.45) is 64.9 Å². The second-order valence-corrected chi connectivity index (χ2v) is 25.1. The van der Waals surface area contributed by atoms with Gasteiger partial charge in [-0.05, 0) is 81.1 Å². The average molecular weight is 1250 g/mol. The number of halogens is 1. The third-order valence-electron chi connectivity index (χ3n) is 18.3. The van der Waals surface area contributed by atoms with Crippen molar-refractivity contribution in [2.45, 2.75) is 221 Å². The minimum absolute atomic E-state index is 0.0500. The van der Waals surface area contributed by atoms with E-state index in [2.05, 4.69) is 36.7 Å². The van der Waals surface area contributed by atoms with E-state index in [1.54, 1.807) is 72.7 Å². The number of esters is 1. The number of hydrogen-bond acceptors (Lipinski definition) is 15. The number of nitrogens with zero attached hydrogens (tertiary/aromatic N) is 1. The smallest absolute Gasteiger partial charge is 0.329 e. The van der Waals surface area contributed by atoms with Crippen molar-refractivity contribution in [3.05, 3.63) is 41.2 Å². The number of ether oxygens (including phenoxy) is 1. The topological polar surface area (TPSA) is 357 Å². The second kappa shape index (κ2) is 36.0. The van der Waals surface area contributed by atoms with E-state index in [0.29, 0.717) is 44.2 Å². The van der Waals surface area contributed by atoms with Gasteiger partial charge in [0, 0.05) is 49.9 Å². The van der Waals surface area contributed by atoms with E-state index in [1.165, 1.54) is 20.8 Å². The fourth-order valence-corrected chi connectivity index (χ4v) is 11.2. The van der Waals surface area contributed by atoms with Gasteiger partial charge < -0.3 is 52.6 Å². The van der Waals surface area contributed by atoms with E-state index in [-0.39, 0.29) is 31.6 Å². The van der Waals surface area contributed by atoms with Crippen LogP contribution in [0.2, 0.25) is 0 Å². The van der Waals surface area contributed by atoms with Gasteiger partial charge in [0.15, 0.2) is 28.8 Å². The molecule has 1 unspecified atom stereocenters. The minimum Gasteiger partial charge on any atom is -0.458 e. The molecule has 1 heterocycles. The fraction of sp³-hybridized carbons (Fsp3) is 0.708. The van der Waals surface area contributed by atoms with Crippen molar-refractivity contribution >= 4 is 76.1 Å². The molecule has 1 aromatic rings. The zero-order chi connectivity index (χ0) is 67.2. The quantitative estimate of drug-likeness (QED) is 0.0332. The Morgan fingerprint density at radius 1 is 0.730 bits per heavy atom. The number of carbonyl (C=O) groups excluding carboxylic acids is 12. The number of rotatable bonds is 35. The molecule has 0 aromatic heterocycles. The molecule has 0 bridgehead atoms. The first kappa shape index (κ1) is 76.2. The van der Waals surface area contributed by atoms with Crippen LogP contribution in [0.1, 0.15) is 172 Å². The highest BCUT2D eigenvalue weighted by Crippen LogP contribution is 2.48. The summed E-state index contributed by atoms with van der Waals surface area (Å²) in [5.74, 6) is -17.3. The number of hydrogen-bond donors (Lipinski definition) is 9. The van der Waals surface area contributed by atoms with Crippen LogP contribution in [0.3, 0.4) is 0 Å². The summed E-state index contributed by atoms with van der Waals surface area (Å²) in [6, 6.07) is 0.128. The number of Topliss-reactive ketones (excluding diaryl/α,β-unsaturated/α-hetero) is 4. The van der Waals surface area contributed by atoms with Gasteiger partial charge in [-0.25, -0.2) is 14.0 Å². The van der Waals surface area contributed by atoms with Gasteiger partial charge in [0.1, 0.15) is 23.7 Å². The molecule has 2 aliphatic rings. The summed E-state index contributed by atoms with van der Waals surface area (Å²) in [5, 5.41) is 37.3. The van der Waals surface area contributed by atoms with E-state index in [4.69, 9.17) is 17.0 Å². The molecule has 3 rings (SSSR count). The molecule has 1 aliphatic carbocycles. The number of amides is 7. The van der Waals surface area contributed by atoms with Crippen LogP contribution in [-0.2, 0) is 68.7 Å². The van der Waals surface area contributed by atoms with Crippen LogP contribution in [0.15, 0.2) is 24.3 Å². The number of aliphatic hydroxyl groups excluding tert-OH is 2. The van der Waals surface area contributed by atoms with Gasteiger partial charge in [-0.15, -0.1) is 0 Å². The average Bonchev–Trinajstić information content (AvgIpc) is 1.72. The van der Waals surface area contributed by atoms with Crippen LogP contribution in [0, 0.1) is 65.8 Å². The minimum atomic E-state index is -1.63. The van der Waals surface area contributed by atoms with E-state index in [1.807, 2.05) is 13.8 Å². The number of cyclic esters (lactones) is 1. The van der Waals surface area contributed by atoms with Crippen LogP contribution >= 0.6 is 0 Å². The molecule has 10 N–H and O–H groups in total. The van der Waals surface area contributed by atoms with Gasteiger partial charge in [-0.1, -0.05) is 119 Å². The van der Waals surface area contributed by atoms with E-state index in [0.717, 1.165) is 5.56 Å². The molecule has 23 nitrogen and oxygen atoms in total. The third kappa shape index (κ3) is 21.9. The highest BCUT2D eigenvalue weighted by atomic mass is 19.1. The zero-order valence-electron chi connectivity index (χ0n) is 54.0. The number of primary amides is 1. The largest absolute Gasteiger partial charge is 0.458 e. The summed E-state index contributed by atoms with van der Waals surface area (Å²) in [6.07, 6.45) is -3.36. The number of nitrogens with two attached hydrogens (primary N) is 1. The fourth-order valence-electron chi connectivity index (χ4n) is 11.2. The van der Waals surface area contributed by atoms with Crippen molar-refractivity contribution in [2.75, 3.05) is 13.2 Å². The molecule has 2 fully saturated rings. The number of benzene rings is 1. The summed E-state index contributed by atoms with van der Waals surface area (Å²) in [5.41, 5.74) is 5.22. The van der Waals surface area contributed by atoms with Gasteiger partial charge in [-0.2, -0.15) is 0 Å². The normalized spacial score (nSPS) is 23.7. The van der Waals surface area contributed by atoms with Crippen LogP contribution in [0.5, 0.6) is 0 Å². The number of alkyl halides is 1. The Labute approximate surface area is 523 Å². The van der Waals surface area contributed by atoms with Gasteiger partial charge in [-0.3, -0.25) is 52.7 Å². The second-order valence-electron chi connectivity index (χ2n) is 25.1. The van der Waals surface area contributed by atoms with Crippen molar-refractivity contribution in [1.29, 1.82) is 0 Å². The van der Waals surface area contributed by atoms with Crippen LogP contribution in [0.25, 0.3) is 4.85 Å². The van der Waals surface area contributed by atoms with Crippen LogP contribution in [0.4, 0.5) is 10.1 Å². The van der Waals surface area contributed by atoms with E-state index >= 15 is 0 Å². The highest BCUT2D eigenvalue weighted by molar-refractivity contribution is 6.01. The molecule has 496 valence electrons. The Morgan fingerprint density at radius 3 is 1.76 bits per heavy atom. The maximum atomic E-state index is 14.5. The lowest BCUT2D eigenvalue weighted by atomic mass is 9.83. The van der Waals surface area contributed by atoms with Gasteiger partial charge in [0.25, 0.3) is 0 Å². The lowest BCUT2D eigenvalue weighted by molar-refractivity contribution is -0.157. The first-order chi connectivity index (χ1) is 41.9. The maximum absolute atomic E-state index is 14.5. The Hall–Kier alpha value is -7.00. The standard InChI is InChI=1S/C65H99FN8O15/c1-14-34(6)47(30-49(77)48(23-24-53(67)81)69-60(84)43(32-75)28-51(79)54(35(7)15-2)70-59(83)42(18-5)27-41-19-21-46(68-13)22-20-41)62(86)71-55(36(8)16-3)52(80)29-44(33-76)61(85)72-57-40(12)89-63(87)56(37(9)17-4)73-64(88)65(31-45(65)26-39(11)66)74-58(82)38(10)25-50(57)78/h19-22,34-40,42-45,47-48,54-57,75-76H,14-18,23-33H2,1-12H3,(H2,67,81)(H,69,84)(H,70,83)(H,71,86)(H,72,85)(H,73,88)(H,74,82)/t34-,35-,36-,37-,38+,39?,40-,42+,43-,44-,45+,47+,48+,54-,55-,56-,57+,65+/m0/s1. The van der Waals surface area contributed by atoms with Crippen LogP contribution in [-0.4, -0.2) is 142 Å². The third-order valence-corrected chi connectivity index (χ3v) is 18.3. The molecule has 89 heavy (non-hydrogen) atoms. The predicted octanol–water partition coefficient (Wildman–Crippen LogP) is 4.55. The zero-order valence-corrected chi connectivity index (χ0v) is 54.0. The molecule has 18 atom stereocenters. The SMILES string of the molecule is [C-]#[N+]c1ccc(C[C@@H](CC)C(=O)N[C@H](C(=O)C[C@@H](CO)C(=O)N[C@H](CCC(N)=O)C(=O)C[C@@H](C(=O)N[C@H](C(=O)C[C@@H](CO)C(=O)N[C@H]2C(=O)C[C@@H](C)C(=O)N[C@@]3(C[C@H]3CC(C)F)C(=O)N[C@@H]([C@@H](C)CC)C(=O)O[C@H]2C)[C@@H](C)CC)[C@@H](C)CC)[C@@H](C)CC)cc1. The molecule has 1 aromatic carbocycles. The highest BCUT2D eigenvalue weighted by Gasteiger charge is 2.62. The van der Waals surface area contributed by atoms with Crippen molar-refractivity contribution in [3.63, 3.8) is 0 Å². The first-order valence-electron chi connectivity index (χ1n) is 31.7. The molecular formula is C65H99FN8O15. The Balaban J connectivity index is 1.85. The molecule has 1 saturated heterocycles. The Morgan fingerprint density at radius 2 is 1.27 bits per heavy atom. The number of nitrogens with one attached hydrogen (secondary N) is 6. The van der Waals surface area contributed by atoms with Crippen LogP contribution < -0.4 is 37.6 Å². The van der Waals surface area contributed by atoms with Crippen molar-refractivity contribution < 1.29 is 76.9 Å². The number of carbonyl (C=O) groups is 12. The summed E-state index contributed by atoms with van der Waals surface area (Å²) in [6.45, 7) is 25.3. The van der Waals surface area contributed by atoms with Crippen molar-refractivity contribution in [3.8, 4) is 0 Å². The first-order valence-corrected chi connectivity index (χ1v) is 31.7. The molecule has 7 amide bonds. The van der Waals surface area contributed by atoms with E-state index in [9.17, 15) is 72.1 Å². The van der Waals surface area contributed by atoms with Crippen molar-refractivity contribution in [1.82, 2.24) is 31.9 Å². The predicted molar refractivity (Wildman–Crippen MR) is 328 cm³/mol. The molecule has 0 radical (unpaired) electrons. The van der Waals surface area contributed by atoms with E-state index < -0.39 is 211 Å². The Kier molecular flexibility index (Phi) is 30.8. The summed E-state index contributed by atoms with van der Waals surface area (Å²) >= 11 is 0. The summed E-state index contributed by atoms with van der Waals surface area (Å²) < 4.78 is 20.0. The molecular weight excluding hydrogens is 1150 g/mol. The molecule has 1 aliphatic heterocycles. The summed E-state index contributed by atoms with van der Waals surface area (Å²) in [4.78, 5) is 170. The Bertz CT molecular complexity index is 2700. The number of ketones is 4. The lowest BCUT2D eigenvalue weighted by Crippen LogP contribution is -2.57. The monoisotopic (exact) mass is 1250 g/mol. The lowest BCUT2D eigenvalue weighted by Gasteiger charge is -2.30.